The van der Waals surface area contributed by atoms with Crippen LogP contribution in [0.3, 0.4) is 0 Å². The zero-order chi connectivity index (χ0) is 19.8. The number of rotatable bonds is 2. The number of H-pyrrole nitrogens is 1. The van der Waals surface area contributed by atoms with Gasteiger partial charge in [0.1, 0.15) is 0 Å². The number of nitrogens with one attached hydrogen (secondary N) is 3. The van der Waals surface area contributed by atoms with Crippen LogP contribution in [0, 0.1) is 0 Å². The second kappa shape index (κ2) is 6.53. The highest BCUT2D eigenvalue weighted by molar-refractivity contribution is 6.01. The molecule has 0 atom stereocenters. The summed E-state index contributed by atoms with van der Waals surface area (Å²) in [6.45, 7) is 0. The van der Waals surface area contributed by atoms with Crippen LogP contribution in [0.5, 0.6) is 0 Å². The van der Waals surface area contributed by atoms with E-state index in [1.807, 2.05) is 5.32 Å². The Kier molecular flexibility index (Phi) is 4.50. The number of halogens is 6. The van der Waals surface area contributed by atoms with E-state index < -0.39 is 35.2 Å². The fourth-order valence-electron chi connectivity index (χ4n) is 2.45. The molecular formula is C17H11F6N3O. The fraction of sp³-hybridized carbons (Fsp3) is 0.118. The molecule has 0 spiro atoms. The summed E-state index contributed by atoms with van der Waals surface area (Å²) in [5.74, 6) is 0. The monoisotopic (exact) mass is 387 g/mol. The lowest BCUT2D eigenvalue weighted by atomic mass is 10.1. The third-order valence-corrected chi connectivity index (χ3v) is 3.66. The number of amides is 2. The first-order valence-corrected chi connectivity index (χ1v) is 7.47. The predicted octanol–water partition coefficient (Wildman–Crippen LogP) is 5.85. The minimum absolute atomic E-state index is 0.0117. The van der Waals surface area contributed by atoms with E-state index >= 15 is 0 Å². The van der Waals surface area contributed by atoms with Crippen molar-refractivity contribution < 1.29 is 31.1 Å². The van der Waals surface area contributed by atoms with Crippen LogP contribution in [0.4, 0.5) is 42.5 Å². The number of hydrogen-bond acceptors (Lipinski definition) is 1. The van der Waals surface area contributed by atoms with Gasteiger partial charge in [-0.05, 0) is 41.8 Å². The standard InChI is InChI=1S/C17H11F6N3O/c18-16(19,20)10-5-11(17(21,22)23)7-13(6-10)26-15(27)25-12-2-1-9-3-4-24-14(9)8-12/h1-8,24H,(H2,25,26,27). The Labute approximate surface area is 148 Å². The average Bonchev–Trinajstić information content (AvgIpc) is 3.00. The summed E-state index contributed by atoms with van der Waals surface area (Å²) in [6, 6.07) is 6.47. The van der Waals surface area contributed by atoms with Gasteiger partial charge in [-0.15, -0.1) is 0 Å². The normalized spacial score (nSPS) is 12.2. The van der Waals surface area contributed by atoms with Crippen molar-refractivity contribution in [3.05, 3.63) is 59.8 Å². The molecule has 0 unspecified atom stereocenters. The molecule has 0 aliphatic carbocycles. The van der Waals surface area contributed by atoms with Crippen LogP contribution in [0.15, 0.2) is 48.7 Å². The molecule has 3 aromatic rings. The van der Waals surface area contributed by atoms with Crippen molar-refractivity contribution in [2.24, 2.45) is 0 Å². The molecule has 1 aromatic heterocycles. The maximum atomic E-state index is 12.8. The van der Waals surface area contributed by atoms with E-state index in [-0.39, 0.29) is 6.07 Å². The summed E-state index contributed by atoms with van der Waals surface area (Å²) in [7, 11) is 0. The van der Waals surface area contributed by atoms with Gasteiger partial charge in [-0.2, -0.15) is 26.3 Å². The third kappa shape index (κ3) is 4.33. The smallest absolute Gasteiger partial charge is 0.361 e. The van der Waals surface area contributed by atoms with Crippen LogP contribution in [0.2, 0.25) is 0 Å². The van der Waals surface area contributed by atoms with Crippen LogP contribution in [-0.2, 0) is 12.4 Å². The van der Waals surface area contributed by atoms with E-state index in [4.69, 9.17) is 0 Å². The van der Waals surface area contributed by atoms with Gasteiger partial charge in [-0.3, -0.25) is 0 Å². The molecule has 27 heavy (non-hydrogen) atoms. The highest BCUT2D eigenvalue weighted by atomic mass is 19.4. The van der Waals surface area contributed by atoms with Gasteiger partial charge in [0.25, 0.3) is 0 Å². The topological polar surface area (TPSA) is 56.9 Å². The van der Waals surface area contributed by atoms with Crippen molar-refractivity contribution in [3.63, 3.8) is 0 Å². The molecule has 3 rings (SSSR count). The Morgan fingerprint density at radius 1 is 0.778 bits per heavy atom. The van der Waals surface area contributed by atoms with Gasteiger partial charge in [0, 0.05) is 23.1 Å². The molecule has 3 N–H and O–H groups in total. The van der Waals surface area contributed by atoms with Crippen molar-refractivity contribution in [3.8, 4) is 0 Å². The number of benzene rings is 2. The van der Waals surface area contributed by atoms with Gasteiger partial charge in [0.2, 0.25) is 0 Å². The number of urea groups is 1. The zero-order valence-electron chi connectivity index (χ0n) is 13.3. The Bertz CT molecular complexity index is 958. The summed E-state index contributed by atoms with van der Waals surface area (Å²) >= 11 is 0. The van der Waals surface area contributed by atoms with Crippen molar-refractivity contribution >= 4 is 28.3 Å². The van der Waals surface area contributed by atoms with Crippen LogP contribution in [0.1, 0.15) is 11.1 Å². The first-order valence-electron chi connectivity index (χ1n) is 7.47. The molecule has 0 fully saturated rings. The average molecular weight is 387 g/mol. The van der Waals surface area contributed by atoms with Gasteiger partial charge in [0.15, 0.2) is 0 Å². The van der Waals surface area contributed by atoms with Crippen molar-refractivity contribution in [2.45, 2.75) is 12.4 Å². The molecule has 2 amide bonds. The third-order valence-electron chi connectivity index (χ3n) is 3.66. The second-order valence-electron chi connectivity index (χ2n) is 5.65. The Balaban J connectivity index is 1.83. The minimum Gasteiger partial charge on any atom is -0.361 e. The Morgan fingerprint density at radius 3 is 1.96 bits per heavy atom. The summed E-state index contributed by atoms with van der Waals surface area (Å²) in [4.78, 5) is 14.9. The van der Waals surface area contributed by atoms with Crippen LogP contribution in [0.25, 0.3) is 10.9 Å². The van der Waals surface area contributed by atoms with Gasteiger partial charge in [0.05, 0.1) is 11.1 Å². The Hall–Kier alpha value is -3.17. The van der Waals surface area contributed by atoms with Crippen LogP contribution in [-0.4, -0.2) is 11.0 Å². The lowest BCUT2D eigenvalue weighted by molar-refractivity contribution is -0.143. The maximum absolute atomic E-state index is 12.8. The van der Waals surface area contributed by atoms with Crippen LogP contribution >= 0.6 is 0 Å². The van der Waals surface area contributed by atoms with Crippen LogP contribution < -0.4 is 10.6 Å². The number of carbonyl (C=O) groups excluding carboxylic acids is 1. The lowest BCUT2D eigenvalue weighted by Crippen LogP contribution is -2.20. The fourth-order valence-corrected chi connectivity index (χ4v) is 2.45. The number of carbonyl (C=O) groups is 1. The number of aromatic amines is 1. The second-order valence-corrected chi connectivity index (χ2v) is 5.65. The number of aromatic nitrogens is 1. The van der Waals surface area contributed by atoms with Crippen molar-refractivity contribution in [2.75, 3.05) is 10.6 Å². The molecule has 0 aliphatic heterocycles. The van der Waals surface area contributed by atoms with E-state index in [2.05, 4.69) is 10.3 Å². The number of alkyl halides is 6. The van der Waals surface area contributed by atoms with E-state index in [9.17, 15) is 31.1 Å². The van der Waals surface area contributed by atoms with Crippen molar-refractivity contribution in [1.82, 2.24) is 4.98 Å². The predicted molar refractivity (Wildman–Crippen MR) is 87.4 cm³/mol. The zero-order valence-corrected chi connectivity index (χ0v) is 13.3. The molecule has 0 saturated carbocycles. The molecule has 2 aromatic carbocycles. The van der Waals surface area contributed by atoms with Gasteiger partial charge in [-0.25, -0.2) is 4.79 Å². The molecule has 0 aliphatic rings. The summed E-state index contributed by atoms with van der Waals surface area (Å²) < 4.78 is 77.0. The minimum atomic E-state index is -4.99. The van der Waals surface area contributed by atoms with Gasteiger partial charge >= 0.3 is 18.4 Å². The molecule has 10 heteroatoms. The largest absolute Gasteiger partial charge is 0.416 e. The van der Waals surface area contributed by atoms with E-state index in [1.165, 1.54) is 0 Å². The summed E-state index contributed by atoms with van der Waals surface area (Å²) in [6.07, 6.45) is -8.31. The Morgan fingerprint density at radius 2 is 1.37 bits per heavy atom. The van der Waals surface area contributed by atoms with Crippen molar-refractivity contribution in [1.29, 1.82) is 0 Å². The molecule has 0 saturated heterocycles. The first kappa shape index (κ1) is 18.6. The number of hydrogen-bond donors (Lipinski definition) is 3. The molecule has 0 radical (unpaired) electrons. The molecule has 1 heterocycles. The first-order chi connectivity index (χ1) is 12.5. The molecule has 142 valence electrons. The lowest BCUT2D eigenvalue weighted by Gasteiger charge is -2.15. The van der Waals surface area contributed by atoms with Gasteiger partial charge < -0.3 is 15.6 Å². The van der Waals surface area contributed by atoms with E-state index in [1.54, 1.807) is 30.5 Å². The summed E-state index contributed by atoms with van der Waals surface area (Å²) in [5, 5.41) is 5.22. The number of anilines is 2. The molecule has 4 nitrogen and oxygen atoms in total. The SMILES string of the molecule is O=C(Nc1cc(C(F)(F)F)cc(C(F)(F)F)c1)Nc1ccc2cc[nH]c2c1. The van der Waals surface area contributed by atoms with Gasteiger partial charge in [-0.1, -0.05) is 6.07 Å². The maximum Gasteiger partial charge on any atom is 0.416 e. The highest BCUT2D eigenvalue weighted by Crippen LogP contribution is 2.37. The van der Waals surface area contributed by atoms with E-state index in [0.29, 0.717) is 23.3 Å². The molecular weight excluding hydrogens is 376 g/mol. The summed E-state index contributed by atoms with van der Waals surface area (Å²) in [5.41, 5.74) is -2.65. The molecule has 0 bridgehead atoms. The highest BCUT2D eigenvalue weighted by Gasteiger charge is 2.37. The quantitative estimate of drug-likeness (QED) is 0.475. The number of fused-ring (bicyclic) bond motifs is 1. The van der Waals surface area contributed by atoms with E-state index in [0.717, 1.165) is 5.39 Å².